The Morgan fingerprint density at radius 1 is 1.04 bits per heavy atom. The van der Waals surface area contributed by atoms with E-state index in [0.29, 0.717) is 11.6 Å². The Morgan fingerprint density at radius 2 is 1.80 bits per heavy atom. The van der Waals surface area contributed by atoms with Crippen molar-refractivity contribution in [2.75, 3.05) is 6.61 Å². The zero-order chi connectivity index (χ0) is 17.5. The molecule has 0 bridgehead atoms. The van der Waals surface area contributed by atoms with Gasteiger partial charge in [0.05, 0.1) is 0 Å². The number of hydrogen-bond acceptors (Lipinski definition) is 6. The van der Waals surface area contributed by atoms with Gasteiger partial charge in [0.25, 0.3) is 5.89 Å². The molecule has 0 aliphatic rings. The van der Waals surface area contributed by atoms with Gasteiger partial charge < -0.3 is 13.9 Å². The predicted octanol–water partition coefficient (Wildman–Crippen LogP) is 3.42. The van der Waals surface area contributed by atoms with Gasteiger partial charge in [0, 0.05) is 5.56 Å². The number of ether oxygens (including phenoxy) is 2. The van der Waals surface area contributed by atoms with Crippen molar-refractivity contribution >= 4 is 5.97 Å². The van der Waals surface area contributed by atoms with Crippen molar-refractivity contribution in [2.24, 2.45) is 0 Å². The summed E-state index contributed by atoms with van der Waals surface area (Å²) in [7, 11) is 0. The van der Waals surface area contributed by atoms with Crippen molar-refractivity contribution < 1.29 is 18.7 Å². The molecule has 0 aliphatic heterocycles. The normalized spacial score (nSPS) is 10.4. The molecule has 6 heteroatoms. The minimum absolute atomic E-state index is 0.0859. The minimum atomic E-state index is -0.495. The number of esters is 1. The van der Waals surface area contributed by atoms with E-state index >= 15 is 0 Å². The summed E-state index contributed by atoms with van der Waals surface area (Å²) < 4.78 is 16.1. The van der Waals surface area contributed by atoms with Gasteiger partial charge in [0.15, 0.2) is 13.2 Å². The number of carbonyl (C=O) groups is 1. The first-order valence-corrected chi connectivity index (χ1v) is 8.00. The number of para-hydroxylation sites is 1. The average molecular weight is 338 g/mol. The van der Waals surface area contributed by atoms with Crippen molar-refractivity contribution in [3.05, 3.63) is 66.1 Å². The zero-order valence-corrected chi connectivity index (χ0v) is 13.8. The summed E-state index contributed by atoms with van der Waals surface area (Å²) >= 11 is 0. The van der Waals surface area contributed by atoms with Crippen LogP contribution in [0.25, 0.3) is 11.5 Å². The highest BCUT2D eigenvalue weighted by Gasteiger charge is 2.12. The van der Waals surface area contributed by atoms with Crippen LogP contribution in [0, 0.1) is 0 Å². The molecule has 0 amide bonds. The molecular weight excluding hydrogens is 320 g/mol. The van der Waals surface area contributed by atoms with E-state index in [9.17, 15) is 4.79 Å². The van der Waals surface area contributed by atoms with E-state index in [4.69, 9.17) is 13.9 Å². The molecule has 0 aliphatic carbocycles. The summed E-state index contributed by atoms with van der Waals surface area (Å²) in [6.45, 7) is 1.77. The Labute approximate surface area is 145 Å². The van der Waals surface area contributed by atoms with E-state index in [1.807, 2.05) is 61.5 Å². The second-order valence-electron chi connectivity index (χ2n) is 5.28. The quantitative estimate of drug-likeness (QED) is 0.615. The van der Waals surface area contributed by atoms with Crippen LogP contribution in [0.15, 0.2) is 59.0 Å². The number of carbonyl (C=O) groups excluding carboxylic acids is 1. The average Bonchev–Trinajstić information content (AvgIpc) is 3.14. The maximum absolute atomic E-state index is 11.8. The fourth-order valence-electron chi connectivity index (χ4n) is 2.27. The molecule has 0 saturated carbocycles. The van der Waals surface area contributed by atoms with Gasteiger partial charge in [-0.05, 0) is 30.2 Å². The number of nitrogens with zero attached hydrogens (tertiary/aromatic N) is 2. The molecular formula is C19H18N2O4. The van der Waals surface area contributed by atoms with E-state index in [1.54, 1.807) is 0 Å². The van der Waals surface area contributed by atoms with E-state index in [1.165, 1.54) is 0 Å². The Morgan fingerprint density at radius 3 is 2.60 bits per heavy atom. The SMILES string of the molecule is CCc1ccccc1OCC(=O)OCc1nnc(-c2ccccc2)o1. The number of benzene rings is 2. The van der Waals surface area contributed by atoms with Crippen LogP contribution < -0.4 is 4.74 Å². The van der Waals surface area contributed by atoms with E-state index in [2.05, 4.69) is 10.2 Å². The fraction of sp³-hybridized carbons (Fsp3) is 0.211. The molecule has 0 N–H and O–H groups in total. The third-order valence-corrected chi connectivity index (χ3v) is 3.54. The summed E-state index contributed by atoms with van der Waals surface area (Å²) in [5, 5.41) is 7.82. The van der Waals surface area contributed by atoms with Gasteiger partial charge in [-0.3, -0.25) is 0 Å². The van der Waals surface area contributed by atoms with Crippen LogP contribution in [0.4, 0.5) is 0 Å². The zero-order valence-electron chi connectivity index (χ0n) is 13.8. The lowest BCUT2D eigenvalue weighted by molar-refractivity contribution is -0.148. The highest BCUT2D eigenvalue weighted by Crippen LogP contribution is 2.19. The third kappa shape index (κ3) is 4.44. The molecule has 128 valence electrons. The topological polar surface area (TPSA) is 74.5 Å². The van der Waals surface area contributed by atoms with Crippen LogP contribution in [0.3, 0.4) is 0 Å². The monoisotopic (exact) mass is 338 g/mol. The molecule has 1 heterocycles. The number of hydrogen-bond donors (Lipinski definition) is 0. The maximum Gasteiger partial charge on any atom is 0.344 e. The van der Waals surface area contributed by atoms with Gasteiger partial charge >= 0.3 is 5.97 Å². The van der Waals surface area contributed by atoms with Gasteiger partial charge in [0.2, 0.25) is 5.89 Å². The van der Waals surface area contributed by atoms with E-state index in [-0.39, 0.29) is 19.1 Å². The molecule has 0 atom stereocenters. The van der Waals surface area contributed by atoms with E-state index < -0.39 is 5.97 Å². The molecule has 3 rings (SSSR count). The molecule has 0 saturated heterocycles. The Kier molecular flexibility index (Phi) is 5.41. The molecule has 2 aromatic carbocycles. The minimum Gasteiger partial charge on any atom is -0.482 e. The molecule has 25 heavy (non-hydrogen) atoms. The van der Waals surface area contributed by atoms with E-state index in [0.717, 1.165) is 17.5 Å². The maximum atomic E-state index is 11.8. The second-order valence-corrected chi connectivity index (χ2v) is 5.28. The molecule has 0 spiro atoms. The van der Waals surface area contributed by atoms with Gasteiger partial charge in [-0.25, -0.2) is 4.79 Å². The molecule has 0 radical (unpaired) electrons. The number of aryl methyl sites for hydroxylation is 1. The van der Waals surface area contributed by atoms with Crippen LogP contribution in [0.5, 0.6) is 5.75 Å². The van der Waals surface area contributed by atoms with Gasteiger partial charge in [-0.15, -0.1) is 10.2 Å². The first kappa shape index (κ1) is 16.7. The molecule has 3 aromatic rings. The van der Waals surface area contributed by atoms with Crippen molar-refractivity contribution in [1.29, 1.82) is 0 Å². The lowest BCUT2D eigenvalue weighted by Crippen LogP contribution is -2.15. The van der Waals surface area contributed by atoms with Gasteiger partial charge in [-0.2, -0.15) is 0 Å². The van der Waals surface area contributed by atoms with Crippen molar-refractivity contribution in [3.63, 3.8) is 0 Å². The molecule has 0 unspecified atom stereocenters. The van der Waals surface area contributed by atoms with Crippen LogP contribution in [-0.2, 0) is 22.6 Å². The summed E-state index contributed by atoms with van der Waals surface area (Å²) in [4.78, 5) is 11.8. The summed E-state index contributed by atoms with van der Waals surface area (Å²) in [6, 6.07) is 17.0. The summed E-state index contributed by atoms with van der Waals surface area (Å²) in [5.74, 6) is 0.817. The summed E-state index contributed by atoms with van der Waals surface area (Å²) in [5.41, 5.74) is 1.85. The van der Waals surface area contributed by atoms with Crippen molar-refractivity contribution in [3.8, 4) is 17.2 Å². The molecule has 0 fully saturated rings. The Hall–Kier alpha value is -3.15. The fourth-order valence-corrected chi connectivity index (χ4v) is 2.27. The van der Waals surface area contributed by atoms with Crippen molar-refractivity contribution in [1.82, 2.24) is 10.2 Å². The Bertz CT molecular complexity index is 830. The predicted molar refractivity (Wildman–Crippen MR) is 90.8 cm³/mol. The lowest BCUT2D eigenvalue weighted by atomic mass is 10.1. The first-order valence-electron chi connectivity index (χ1n) is 8.00. The van der Waals surface area contributed by atoms with Crippen LogP contribution in [0.1, 0.15) is 18.4 Å². The number of rotatable bonds is 7. The van der Waals surface area contributed by atoms with Crippen LogP contribution in [0.2, 0.25) is 0 Å². The lowest BCUT2D eigenvalue weighted by Gasteiger charge is -2.09. The smallest absolute Gasteiger partial charge is 0.344 e. The standard InChI is InChI=1S/C19H18N2O4/c1-2-14-8-6-7-11-16(14)23-13-18(22)24-12-17-20-21-19(25-17)15-9-4-3-5-10-15/h3-11H,2,12-13H2,1H3. The van der Waals surface area contributed by atoms with Crippen LogP contribution in [-0.4, -0.2) is 22.8 Å². The molecule has 1 aromatic heterocycles. The van der Waals surface area contributed by atoms with Crippen LogP contribution >= 0.6 is 0 Å². The third-order valence-electron chi connectivity index (χ3n) is 3.54. The second kappa shape index (κ2) is 8.10. The van der Waals surface area contributed by atoms with Gasteiger partial charge in [0.1, 0.15) is 5.75 Å². The number of aromatic nitrogens is 2. The highest BCUT2D eigenvalue weighted by molar-refractivity contribution is 5.71. The van der Waals surface area contributed by atoms with Gasteiger partial charge in [-0.1, -0.05) is 43.3 Å². The van der Waals surface area contributed by atoms with Crippen molar-refractivity contribution in [2.45, 2.75) is 20.0 Å². The summed E-state index contributed by atoms with van der Waals surface area (Å²) in [6.07, 6.45) is 0.829. The largest absolute Gasteiger partial charge is 0.482 e. The highest BCUT2D eigenvalue weighted by atomic mass is 16.6. The molecule has 6 nitrogen and oxygen atoms in total. The Balaban J connectivity index is 1.50. The first-order chi connectivity index (χ1) is 12.3.